The molecule has 0 aliphatic rings. The van der Waals surface area contributed by atoms with Gasteiger partial charge in [0, 0.05) is 17.8 Å². The smallest absolute Gasteiger partial charge is 0.272 e. The lowest BCUT2D eigenvalue weighted by Gasteiger charge is -2.18. The van der Waals surface area contributed by atoms with E-state index in [1.54, 1.807) is 20.8 Å². The largest absolute Gasteiger partial charge is 0.476 e. The van der Waals surface area contributed by atoms with Crippen molar-refractivity contribution in [1.29, 1.82) is 0 Å². The molecule has 120 valence electrons. The Kier molecular flexibility index (Phi) is 6.64. The molecule has 9 heteroatoms. The summed E-state index contributed by atoms with van der Waals surface area (Å²) in [6, 6.07) is 4.36. The summed E-state index contributed by atoms with van der Waals surface area (Å²) in [6.07, 6.45) is -1.78. The number of ether oxygens (including phenoxy) is 1. The molecule has 1 aromatic carbocycles. The normalized spacial score (nSPS) is 14.0. The number of nitro benzene ring substituents is 1. The molecule has 0 saturated heterocycles. The van der Waals surface area contributed by atoms with Gasteiger partial charge >= 0.3 is 0 Å². The monoisotopic (exact) mass is 344 g/mol. The fourth-order valence-electron chi connectivity index (χ4n) is 1.59. The summed E-state index contributed by atoms with van der Waals surface area (Å²) in [4.78, 5) is 21.2. The molecule has 0 heterocycles. The average Bonchev–Trinajstić information content (AvgIpc) is 2.46. The molecular formula is C13H17N2O5PS. The summed E-state index contributed by atoms with van der Waals surface area (Å²) in [6.45, 7) is 5.44. The van der Waals surface area contributed by atoms with Crippen LogP contribution in [-0.2, 0) is 21.3 Å². The van der Waals surface area contributed by atoms with Gasteiger partial charge in [0.2, 0.25) is 12.7 Å². The number of carbonyl (C=O) groups is 1. The van der Waals surface area contributed by atoms with E-state index in [0.717, 1.165) is 0 Å². The molecule has 0 spiro atoms. The topological polar surface area (TPSA) is 91.0 Å². The molecule has 0 aliphatic heterocycles. The van der Waals surface area contributed by atoms with E-state index in [4.69, 9.17) is 21.1 Å². The summed E-state index contributed by atoms with van der Waals surface area (Å²) in [7, 11) is 0. The Balaban J connectivity index is 3.08. The highest BCUT2D eigenvalue weighted by atomic mass is 32.4. The summed E-state index contributed by atoms with van der Waals surface area (Å²) in [5, 5.41) is 10.8. The summed E-state index contributed by atoms with van der Waals surface area (Å²) >= 11 is 5.40. The van der Waals surface area contributed by atoms with Crippen LogP contribution in [0.15, 0.2) is 23.0 Å². The maximum Gasteiger partial charge on any atom is 0.272 e. The SMILES string of the molecule is CCOC(C=O)=NP(=S)(CC)Oc1ccc([N+](=O)[O-])c(C)c1. The third kappa shape index (κ3) is 4.89. The third-order valence-corrected chi connectivity index (χ3v) is 5.70. The standard InChI is InChI=1S/C13H17N2O5PS/c1-4-19-13(9-16)14-21(22,5-2)20-11-6-7-12(15(17)18)10(3)8-11/h6-9H,4-5H2,1-3H3. The molecule has 22 heavy (non-hydrogen) atoms. The fraction of sp³-hybridized carbons (Fsp3) is 0.385. The van der Waals surface area contributed by atoms with Gasteiger partial charge in [-0.25, -0.2) is 0 Å². The maximum absolute atomic E-state index is 10.9. The van der Waals surface area contributed by atoms with Gasteiger partial charge in [-0.3, -0.25) is 14.9 Å². The first-order valence-electron chi connectivity index (χ1n) is 6.57. The Bertz CT molecular complexity index is 647. The molecular weight excluding hydrogens is 327 g/mol. The number of hydrogen-bond donors (Lipinski definition) is 0. The Morgan fingerprint density at radius 3 is 2.64 bits per heavy atom. The number of rotatable bonds is 7. The highest BCUT2D eigenvalue weighted by Gasteiger charge is 2.19. The van der Waals surface area contributed by atoms with E-state index in [1.807, 2.05) is 0 Å². The van der Waals surface area contributed by atoms with Crippen molar-refractivity contribution in [3.8, 4) is 5.75 Å². The predicted molar refractivity (Wildman–Crippen MR) is 88.4 cm³/mol. The molecule has 0 aliphatic carbocycles. The van der Waals surface area contributed by atoms with Gasteiger partial charge in [-0.15, -0.1) is 0 Å². The number of hydrogen-bond acceptors (Lipinski definition) is 6. The van der Waals surface area contributed by atoms with Crippen molar-refractivity contribution in [3.63, 3.8) is 0 Å². The first-order chi connectivity index (χ1) is 10.3. The summed E-state index contributed by atoms with van der Waals surface area (Å²) in [5.41, 5.74) is 0.466. The van der Waals surface area contributed by atoms with Crippen molar-refractivity contribution < 1.29 is 19.0 Å². The molecule has 1 rings (SSSR count). The van der Waals surface area contributed by atoms with Gasteiger partial charge in [0.25, 0.3) is 11.6 Å². The van der Waals surface area contributed by atoms with Crippen molar-refractivity contribution in [2.24, 2.45) is 4.76 Å². The highest BCUT2D eigenvalue weighted by Crippen LogP contribution is 2.49. The van der Waals surface area contributed by atoms with E-state index in [9.17, 15) is 14.9 Å². The number of nitro groups is 1. The molecule has 0 radical (unpaired) electrons. The van der Waals surface area contributed by atoms with Crippen LogP contribution in [0.1, 0.15) is 19.4 Å². The zero-order chi connectivity index (χ0) is 16.8. The first-order valence-corrected chi connectivity index (χ1v) is 9.43. The lowest BCUT2D eigenvalue weighted by molar-refractivity contribution is -0.385. The van der Waals surface area contributed by atoms with Crippen LogP contribution < -0.4 is 4.52 Å². The molecule has 0 amide bonds. The Hall–Kier alpha value is -1.79. The zero-order valence-corrected chi connectivity index (χ0v) is 14.2. The minimum absolute atomic E-state index is 0.00329. The number of benzene rings is 1. The van der Waals surface area contributed by atoms with Crippen molar-refractivity contribution in [3.05, 3.63) is 33.9 Å². The number of aldehydes is 1. The third-order valence-electron chi connectivity index (χ3n) is 2.66. The van der Waals surface area contributed by atoms with E-state index in [1.165, 1.54) is 18.2 Å². The molecule has 1 aromatic rings. The van der Waals surface area contributed by atoms with Crippen LogP contribution in [0, 0.1) is 17.0 Å². The average molecular weight is 344 g/mol. The fourth-order valence-corrected chi connectivity index (χ4v) is 3.25. The second-order valence-electron chi connectivity index (χ2n) is 4.24. The number of carbonyl (C=O) groups excluding carboxylic acids is 1. The molecule has 1 unspecified atom stereocenters. The van der Waals surface area contributed by atoms with E-state index < -0.39 is 11.3 Å². The molecule has 0 N–H and O–H groups in total. The van der Waals surface area contributed by atoms with Gasteiger partial charge in [-0.05, 0) is 37.8 Å². The van der Waals surface area contributed by atoms with Crippen LogP contribution in [0.5, 0.6) is 5.75 Å². The minimum atomic E-state index is -2.69. The van der Waals surface area contributed by atoms with Crippen LogP contribution in [0.4, 0.5) is 5.69 Å². The van der Waals surface area contributed by atoms with E-state index in [-0.39, 0.29) is 11.6 Å². The lowest BCUT2D eigenvalue weighted by atomic mass is 10.2. The lowest BCUT2D eigenvalue weighted by Crippen LogP contribution is -2.07. The number of aryl methyl sites for hydroxylation is 1. The van der Waals surface area contributed by atoms with Crippen LogP contribution in [0.2, 0.25) is 0 Å². The predicted octanol–water partition coefficient (Wildman–Crippen LogP) is 3.25. The van der Waals surface area contributed by atoms with Crippen molar-refractivity contribution >= 4 is 36.1 Å². The first kappa shape index (κ1) is 18.3. The van der Waals surface area contributed by atoms with Crippen LogP contribution in [0.25, 0.3) is 0 Å². The van der Waals surface area contributed by atoms with Crippen LogP contribution in [0.3, 0.4) is 0 Å². The highest BCUT2D eigenvalue weighted by molar-refractivity contribution is 8.11. The summed E-state index contributed by atoms with van der Waals surface area (Å²) < 4.78 is 14.9. The Morgan fingerprint density at radius 2 is 2.18 bits per heavy atom. The minimum Gasteiger partial charge on any atom is -0.476 e. The van der Waals surface area contributed by atoms with Crippen LogP contribution in [-0.4, -0.2) is 29.9 Å². The van der Waals surface area contributed by atoms with Gasteiger partial charge in [-0.2, -0.15) is 4.76 Å². The van der Waals surface area contributed by atoms with Crippen molar-refractivity contribution in [1.82, 2.24) is 0 Å². The molecule has 0 saturated carbocycles. The van der Waals surface area contributed by atoms with Gasteiger partial charge in [-0.1, -0.05) is 6.92 Å². The maximum atomic E-state index is 10.9. The second-order valence-corrected chi connectivity index (χ2v) is 8.24. The Labute approximate surface area is 133 Å². The van der Waals surface area contributed by atoms with Gasteiger partial charge in [0.05, 0.1) is 11.5 Å². The molecule has 0 fully saturated rings. The zero-order valence-electron chi connectivity index (χ0n) is 12.5. The molecule has 0 bridgehead atoms. The van der Waals surface area contributed by atoms with Crippen molar-refractivity contribution in [2.75, 3.05) is 12.8 Å². The second kappa shape index (κ2) is 8.00. The van der Waals surface area contributed by atoms with Crippen molar-refractivity contribution in [2.45, 2.75) is 20.8 Å². The quantitative estimate of drug-likeness (QED) is 0.188. The summed E-state index contributed by atoms with van der Waals surface area (Å²) in [5.74, 6) is 0.296. The van der Waals surface area contributed by atoms with Gasteiger partial charge in [0.15, 0.2) is 0 Å². The number of nitrogens with zero attached hydrogens (tertiary/aromatic N) is 2. The van der Waals surface area contributed by atoms with E-state index in [0.29, 0.717) is 30.4 Å². The van der Waals surface area contributed by atoms with Gasteiger partial charge < -0.3 is 9.26 Å². The molecule has 7 nitrogen and oxygen atoms in total. The Morgan fingerprint density at radius 1 is 1.50 bits per heavy atom. The van der Waals surface area contributed by atoms with E-state index >= 15 is 0 Å². The van der Waals surface area contributed by atoms with Gasteiger partial charge in [0.1, 0.15) is 5.75 Å². The van der Waals surface area contributed by atoms with E-state index in [2.05, 4.69) is 4.76 Å². The van der Waals surface area contributed by atoms with Crippen LogP contribution >= 0.6 is 6.42 Å². The molecule has 1 atom stereocenters. The molecule has 0 aromatic heterocycles.